The molecule has 10 heteroatoms. The summed E-state index contributed by atoms with van der Waals surface area (Å²) in [7, 11) is 0. The summed E-state index contributed by atoms with van der Waals surface area (Å²) in [5, 5.41) is 3.35. The summed E-state index contributed by atoms with van der Waals surface area (Å²) in [6.07, 6.45) is 4.22. The number of carbonyl (C=O) groups excluding carboxylic acids is 1. The molecule has 0 unspecified atom stereocenters. The minimum atomic E-state index is -0.231. The molecule has 37 heavy (non-hydrogen) atoms. The molecule has 5 rings (SSSR count). The van der Waals surface area contributed by atoms with Crippen LogP contribution >= 0.6 is 24.0 Å². The molecule has 1 aromatic carbocycles. The predicted octanol–water partition coefficient (Wildman–Crippen LogP) is 3.54. The fourth-order valence-electron chi connectivity index (χ4n) is 4.35. The number of morpholine rings is 1. The third-order valence-corrected chi connectivity index (χ3v) is 7.80. The Morgan fingerprint density at radius 2 is 1.92 bits per heavy atom. The zero-order chi connectivity index (χ0) is 25.8. The zero-order valence-corrected chi connectivity index (χ0v) is 22.3. The third kappa shape index (κ3) is 5.93. The minimum Gasteiger partial charge on any atom is -0.379 e. The van der Waals surface area contributed by atoms with Crippen molar-refractivity contribution in [3.63, 3.8) is 0 Å². The van der Waals surface area contributed by atoms with Crippen molar-refractivity contribution in [2.24, 2.45) is 0 Å². The average molecular weight is 536 g/mol. The van der Waals surface area contributed by atoms with Crippen molar-refractivity contribution in [2.45, 2.75) is 19.9 Å². The summed E-state index contributed by atoms with van der Waals surface area (Å²) in [5.74, 6) is 0.272. The van der Waals surface area contributed by atoms with Crippen molar-refractivity contribution >= 4 is 51.7 Å². The van der Waals surface area contributed by atoms with Crippen LogP contribution in [0.15, 0.2) is 58.4 Å². The Kier molecular flexibility index (Phi) is 7.99. The number of amides is 1. The second-order valence-corrected chi connectivity index (χ2v) is 10.8. The number of thiocarbonyl (C=S) groups is 1. The van der Waals surface area contributed by atoms with Crippen LogP contribution in [-0.2, 0) is 16.1 Å². The number of aryl methyl sites for hydroxylation is 1. The van der Waals surface area contributed by atoms with Gasteiger partial charge < -0.3 is 10.1 Å². The first-order chi connectivity index (χ1) is 18.0. The molecule has 2 aliphatic heterocycles. The van der Waals surface area contributed by atoms with Gasteiger partial charge in [-0.05, 0) is 43.7 Å². The van der Waals surface area contributed by atoms with E-state index in [0.717, 1.165) is 50.4 Å². The fraction of sp³-hybridized carbons (Fsp3) is 0.333. The van der Waals surface area contributed by atoms with Crippen LogP contribution in [0, 0.1) is 6.92 Å². The van der Waals surface area contributed by atoms with E-state index in [1.807, 2.05) is 37.3 Å². The molecule has 0 saturated carbocycles. The van der Waals surface area contributed by atoms with Gasteiger partial charge in [-0.2, -0.15) is 0 Å². The Balaban J connectivity index is 1.38. The summed E-state index contributed by atoms with van der Waals surface area (Å²) < 4.78 is 7.39. The molecule has 2 saturated heterocycles. The van der Waals surface area contributed by atoms with Gasteiger partial charge >= 0.3 is 0 Å². The van der Waals surface area contributed by atoms with E-state index in [2.05, 4.69) is 10.2 Å². The molecule has 0 aliphatic carbocycles. The van der Waals surface area contributed by atoms with Crippen molar-refractivity contribution in [1.29, 1.82) is 0 Å². The summed E-state index contributed by atoms with van der Waals surface area (Å²) >= 11 is 6.74. The smallest absolute Gasteiger partial charge is 0.267 e. The number of benzene rings is 1. The van der Waals surface area contributed by atoms with Crippen LogP contribution in [0.1, 0.15) is 23.1 Å². The van der Waals surface area contributed by atoms with E-state index < -0.39 is 0 Å². The van der Waals surface area contributed by atoms with Crippen molar-refractivity contribution in [2.75, 3.05) is 44.7 Å². The maximum atomic E-state index is 13.5. The topological polar surface area (TPSA) is 79.2 Å². The Hall–Kier alpha value is -3.05. The Bertz CT molecular complexity index is 1400. The lowest BCUT2D eigenvalue weighted by molar-refractivity contribution is -0.122. The molecule has 1 amide bonds. The summed E-state index contributed by atoms with van der Waals surface area (Å²) in [6.45, 7) is 7.42. The van der Waals surface area contributed by atoms with E-state index in [1.54, 1.807) is 29.3 Å². The molecule has 2 fully saturated rings. The van der Waals surface area contributed by atoms with Crippen LogP contribution in [0.4, 0.5) is 5.82 Å². The van der Waals surface area contributed by atoms with Gasteiger partial charge in [0.15, 0.2) is 0 Å². The molecular weight excluding hydrogens is 506 g/mol. The molecule has 3 aromatic rings. The first kappa shape index (κ1) is 25.6. The van der Waals surface area contributed by atoms with Crippen LogP contribution in [0.5, 0.6) is 0 Å². The van der Waals surface area contributed by atoms with Gasteiger partial charge in [0.1, 0.15) is 15.8 Å². The van der Waals surface area contributed by atoms with Crippen molar-refractivity contribution in [3.8, 4) is 0 Å². The number of nitrogens with one attached hydrogen (secondary N) is 1. The van der Waals surface area contributed by atoms with Crippen LogP contribution in [0.3, 0.4) is 0 Å². The lowest BCUT2D eigenvalue weighted by Crippen LogP contribution is -2.37. The normalized spacial score (nSPS) is 17.8. The van der Waals surface area contributed by atoms with Gasteiger partial charge in [-0.15, -0.1) is 0 Å². The molecule has 0 radical (unpaired) electrons. The first-order valence-corrected chi connectivity index (χ1v) is 13.6. The van der Waals surface area contributed by atoms with Gasteiger partial charge in [0, 0.05) is 25.8 Å². The summed E-state index contributed by atoms with van der Waals surface area (Å²) in [6, 6.07) is 13.5. The minimum absolute atomic E-state index is 0.202. The molecule has 2 aromatic heterocycles. The van der Waals surface area contributed by atoms with E-state index in [1.165, 1.54) is 16.2 Å². The number of ether oxygens (including phenoxy) is 1. The first-order valence-electron chi connectivity index (χ1n) is 12.4. The SMILES string of the molecule is Cc1ccc(CN2C(=O)C(=Cc3c(NCCCN4CCOCC4)nc4ccccn4c3=O)SC2=S)cc1. The largest absolute Gasteiger partial charge is 0.379 e. The Morgan fingerprint density at radius 1 is 1.14 bits per heavy atom. The number of fused-ring (bicyclic) bond motifs is 1. The van der Waals surface area contributed by atoms with E-state index in [9.17, 15) is 9.59 Å². The fourth-order valence-corrected chi connectivity index (χ4v) is 5.58. The second kappa shape index (κ2) is 11.6. The number of thioether (sulfide) groups is 1. The van der Waals surface area contributed by atoms with Gasteiger partial charge in [-0.25, -0.2) is 4.98 Å². The molecule has 2 aliphatic rings. The highest BCUT2D eigenvalue weighted by Crippen LogP contribution is 2.34. The molecule has 192 valence electrons. The molecule has 0 spiro atoms. The van der Waals surface area contributed by atoms with Crippen molar-refractivity contribution < 1.29 is 9.53 Å². The lowest BCUT2D eigenvalue weighted by atomic mass is 10.1. The maximum Gasteiger partial charge on any atom is 0.267 e. The molecule has 0 atom stereocenters. The maximum absolute atomic E-state index is 13.5. The zero-order valence-electron chi connectivity index (χ0n) is 20.7. The second-order valence-electron chi connectivity index (χ2n) is 9.10. The quantitative estimate of drug-likeness (QED) is 0.267. The highest BCUT2D eigenvalue weighted by atomic mass is 32.2. The number of carbonyl (C=O) groups is 1. The lowest BCUT2D eigenvalue weighted by Gasteiger charge is -2.26. The summed E-state index contributed by atoms with van der Waals surface area (Å²) in [5.41, 5.74) is 2.82. The number of pyridine rings is 1. The van der Waals surface area contributed by atoms with Crippen LogP contribution < -0.4 is 10.9 Å². The van der Waals surface area contributed by atoms with Crippen LogP contribution in [0.2, 0.25) is 0 Å². The van der Waals surface area contributed by atoms with E-state index in [0.29, 0.717) is 39.3 Å². The Labute approximate surface area is 225 Å². The molecule has 8 nitrogen and oxygen atoms in total. The molecule has 4 heterocycles. The monoisotopic (exact) mass is 535 g/mol. The average Bonchev–Trinajstić information content (AvgIpc) is 3.17. The number of hydrogen-bond acceptors (Lipinski definition) is 8. The number of nitrogens with zero attached hydrogens (tertiary/aromatic N) is 4. The van der Waals surface area contributed by atoms with E-state index in [-0.39, 0.29) is 11.5 Å². The molecular formula is C27H29N5O3S2. The van der Waals surface area contributed by atoms with Gasteiger partial charge in [-0.1, -0.05) is 59.9 Å². The van der Waals surface area contributed by atoms with E-state index in [4.69, 9.17) is 21.9 Å². The van der Waals surface area contributed by atoms with Gasteiger partial charge in [0.05, 0.1) is 30.2 Å². The highest BCUT2D eigenvalue weighted by Gasteiger charge is 2.32. The van der Waals surface area contributed by atoms with Gasteiger partial charge in [0.25, 0.3) is 11.5 Å². The number of aromatic nitrogens is 2. The summed E-state index contributed by atoms with van der Waals surface area (Å²) in [4.78, 5) is 35.8. The number of anilines is 1. The third-order valence-electron chi connectivity index (χ3n) is 6.43. The van der Waals surface area contributed by atoms with Gasteiger partial charge in [-0.3, -0.25) is 23.8 Å². The highest BCUT2D eigenvalue weighted by molar-refractivity contribution is 8.26. The molecule has 0 bridgehead atoms. The van der Waals surface area contributed by atoms with Crippen molar-refractivity contribution in [3.05, 3.63) is 80.6 Å². The molecule has 1 N–H and O–H groups in total. The standard InChI is InChI=1S/C27H29N5O3S2/c1-19-6-8-20(9-7-19)18-32-26(34)22(37-27(32)36)17-21-24(28-10-4-11-30-13-15-35-16-14-30)29-23-5-2-3-12-31(23)25(21)33/h2-3,5-9,12,17,28H,4,10-11,13-16,18H2,1H3. The Morgan fingerprint density at radius 3 is 2.70 bits per heavy atom. The van der Waals surface area contributed by atoms with Gasteiger partial charge in [0.2, 0.25) is 0 Å². The van der Waals surface area contributed by atoms with E-state index >= 15 is 0 Å². The van der Waals surface area contributed by atoms with Crippen LogP contribution in [-0.4, -0.2) is 68.8 Å². The van der Waals surface area contributed by atoms with Crippen LogP contribution in [0.25, 0.3) is 11.7 Å². The van der Waals surface area contributed by atoms with Crippen molar-refractivity contribution in [1.82, 2.24) is 19.2 Å². The predicted molar refractivity (Wildman–Crippen MR) is 152 cm³/mol. The number of rotatable bonds is 8. The number of hydrogen-bond donors (Lipinski definition) is 1.